The summed E-state index contributed by atoms with van der Waals surface area (Å²) in [4.78, 5) is 20.5. The molecule has 0 saturated carbocycles. The van der Waals surface area contributed by atoms with Crippen molar-refractivity contribution in [2.24, 2.45) is 0 Å². The van der Waals surface area contributed by atoms with E-state index >= 15 is 0 Å². The predicted octanol–water partition coefficient (Wildman–Crippen LogP) is 2.46. The van der Waals surface area contributed by atoms with Gasteiger partial charge in [0, 0.05) is 23.5 Å². The van der Waals surface area contributed by atoms with Gasteiger partial charge in [0.2, 0.25) is 0 Å². The van der Waals surface area contributed by atoms with E-state index in [-0.39, 0.29) is 5.91 Å². The fourth-order valence-corrected chi connectivity index (χ4v) is 1.99. The molecule has 1 amide bonds. The van der Waals surface area contributed by atoms with Crippen LogP contribution in [0.5, 0.6) is 0 Å². The third-order valence-corrected chi connectivity index (χ3v) is 2.91. The molecule has 5 heteroatoms. The van der Waals surface area contributed by atoms with Crippen LogP contribution in [0, 0.1) is 0 Å². The highest BCUT2D eigenvalue weighted by atomic mass is 16.1. The lowest BCUT2D eigenvalue weighted by Gasteiger charge is -2.07. The Labute approximate surface area is 115 Å². The second kappa shape index (κ2) is 4.97. The Bertz CT molecular complexity index is 771. The van der Waals surface area contributed by atoms with Crippen molar-refractivity contribution in [2.75, 3.05) is 11.1 Å². The summed E-state index contributed by atoms with van der Waals surface area (Å²) in [5.41, 5.74) is 6.75. The number of fused-ring (bicyclic) bond motifs is 1. The SMILES string of the molecule is Nc1ccc2c(C(=O)Nc3ccccn3)nccc2c1. The maximum absolute atomic E-state index is 12.3. The van der Waals surface area contributed by atoms with Crippen LogP contribution >= 0.6 is 0 Å². The molecule has 0 aliphatic carbocycles. The Hall–Kier alpha value is -2.95. The molecule has 2 heterocycles. The van der Waals surface area contributed by atoms with Gasteiger partial charge < -0.3 is 11.1 Å². The quantitative estimate of drug-likeness (QED) is 0.697. The number of hydrogen-bond acceptors (Lipinski definition) is 4. The van der Waals surface area contributed by atoms with Crippen LogP contribution in [0.25, 0.3) is 10.8 Å². The molecule has 0 aliphatic rings. The number of carbonyl (C=O) groups is 1. The maximum atomic E-state index is 12.3. The van der Waals surface area contributed by atoms with Gasteiger partial charge in [-0.05, 0) is 41.8 Å². The first-order chi connectivity index (χ1) is 9.74. The third-order valence-electron chi connectivity index (χ3n) is 2.91. The van der Waals surface area contributed by atoms with E-state index in [2.05, 4.69) is 15.3 Å². The molecule has 0 saturated heterocycles. The summed E-state index contributed by atoms with van der Waals surface area (Å²) in [5.74, 6) is 0.200. The number of carbonyl (C=O) groups excluding carboxylic acids is 1. The lowest BCUT2D eigenvalue weighted by atomic mass is 10.1. The average molecular weight is 264 g/mol. The van der Waals surface area contributed by atoms with Gasteiger partial charge in [-0.25, -0.2) is 4.98 Å². The summed E-state index contributed by atoms with van der Waals surface area (Å²) in [5, 5.41) is 4.36. The molecule has 0 fully saturated rings. The summed E-state index contributed by atoms with van der Waals surface area (Å²) in [7, 11) is 0. The molecule has 3 aromatic rings. The minimum Gasteiger partial charge on any atom is -0.399 e. The third kappa shape index (κ3) is 2.29. The first-order valence-electron chi connectivity index (χ1n) is 6.11. The molecule has 0 atom stereocenters. The minimum atomic E-state index is -0.293. The molecular weight excluding hydrogens is 252 g/mol. The van der Waals surface area contributed by atoms with Gasteiger partial charge in [-0.2, -0.15) is 0 Å². The van der Waals surface area contributed by atoms with E-state index in [1.165, 1.54) is 0 Å². The molecule has 98 valence electrons. The molecule has 0 spiro atoms. The summed E-state index contributed by atoms with van der Waals surface area (Å²) in [6.45, 7) is 0. The number of nitrogens with zero attached hydrogens (tertiary/aromatic N) is 2. The zero-order chi connectivity index (χ0) is 13.9. The van der Waals surface area contributed by atoms with Gasteiger partial charge in [0.25, 0.3) is 5.91 Å². The summed E-state index contributed by atoms with van der Waals surface area (Å²) < 4.78 is 0. The topological polar surface area (TPSA) is 80.9 Å². The Morgan fingerprint density at radius 1 is 1.05 bits per heavy atom. The van der Waals surface area contributed by atoms with Crippen LogP contribution in [0.4, 0.5) is 11.5 Å². The number of amides is 1. The predicted molar refractivity (Wildman–Crippen MR) is 78.3 cm³/mol. The number of benzene rings is 1. The van der Waals surface area contributed by atoms with Gasteiger partial charge in [-0.3, -0.25) is 9.78 Å². The Balaban J connectivity index is 2.00. The molecule has 3 rings (SSSR count). The van der Waals surface area contributed by atoms with Gasteiger partial charge in [0.05, 0.1) is 0 Å². The van der Waals surface area contributed by atoms with Crippen molar-refractivity contribution in [2.45, 2.75) is 0 Å². The number of hydrogen-bond donors (Lipinski definition) is 2. The number of nitrogens with two attached hydrogens (primary N) is 1. The molecular formula is C15H12N4O. The van der Waals surface area contributed by atoms with Crippen molar-refractivity contribution in [3.63, 3.8) is 0 Å². The molecule has 0 radical (unpaired) electrons. The monoisotopic (exact) mass is 264 g/mol. The van der Waals surface area contributed by atoms with Crippen molar-refractivity contribution in [3.05, 3.63) is 60.6 Å². The normalized spacial score (nSPS) is 10.4. The average Bonchev–Trinajstić information content (AvgIpc) is 2.47. The Morgan fingerprint density at radius 3 is 2.75 bits per heavy atom. The van der Waals surface area contributed by atoms with Crippen molar-refractivity contribution in [1.82, 2.24) is 9.97 Å². The van der Waals surface area contributed by atoms with E-state index < -0.39 is 0 Å². The zero-order valence-corrected chi connectivity index (χ0v) is 10.6. The molecule has 0 aliphatic heterocycles. The molecule has 3 N–H and O–H groups in total. The lowest BCUT2D eigenvalue weighted by molar-refractivity contribution is 0.102. The van der Waals surface area contributed by atoms with Crippen LogP contribution in [0.1, 0.15) is 10.5 Å². The summed E-state index contributed by atoms with van der Waals surface area (Å²) in [6.07, 6.45) is 3.21. The Morgan fingerprint density at radius 2 is 1.95 bits per heavy atom. The van der Waals surface area contributed by atoms with Crippen LogP contribution in [-0.2, 0) is 0 Å². The molecule has 2 aromatic heterocycles. The molecule has 0 unspecified atom stereocenters. The summed E-state index contributed by atoms with van der Waals surface area (Å²) >= 11 is 0. The van der Waals surface area contributed by atoms with Crippen LogP contribution in [-0.4, -0.2) is 15.9 Å². The van der Waals surface area contributed by atoms with E-state index in [0.29, 0.717) is 17.2 Å². The van der Waals surface area contributed by atoms with Crippen LogP contribution in [0.3, 0.4) is 0 Å². The molecule has 5 nitrogen and oxygen atoms in total. The maximum Gasteiger partial charge on any atom is 0.276 e. The van der Waals surface area contributed by atoms with E-state index in [1.54, 1.807) is 42.7 Å². The fraction of sp³-hybridized carbons (Fsp3) is 0. The van der Waals surface area contributed by atoms with E-state index in [9.17, 15) is 4.79 Å². The fourth-order valence-electron chi connectivity index (χ4n) is 1.99. The smallest absolute Gasteiger partial charge is 0.276 e. The second-order valence-corrected chi connectivity index (χ2v) is 4.31. The highest BCUT2D eigenvalue weighted by Crippen LogP contribution is 2.20. The number of pyridine rings is 2. The van der Waals surface area contributed by atoms with Gasteiger partial charge >= 0.3 is 0 Å². The number of nitrogen functional groups attached to an aromatic ring is 1. The van der Waals surface area contributed by atoms with Gasteiger partial charge in [-0.15, -0.1) is 0 Å². The highest BCUT2D eigenvalue weighted by molar-refractivity contribution is 6.11. The van der Waals surface area contributed by atoms with Crippen LogP contribution < -0.4 is 11.1 Å². The van der Waals surface area contributed by atoms with E-state index in [4.69, 9.17) is 5.73 Å². The number of rotatable bonds is 2. The second-order valence-electron chi connectivity index (χ2n) is 4.31. The van der Waals surface area contributed by atoms with Crippen molar-refractivity contribution in [1.29, 1.82) is 0 Å². The molecule has 0 bridgehead atoms. The largest absolute Gasteiger partial charge is 0.399 e. The van der Waals surface area contributed by atoms with E-state index in [1.807, 2.05) is 12.1 Å². The lowest BCUT2D eigenvalue weighted by Crippen LogP contribution is -2.14. The first kappa shape index (κ1) is 12.1. The number of anilines is 2. The first-order valence-corrected chi connectivity index (χ1v) is 6.11. The van der Waals surface area contributed by atoms with Crippen LogP contribution in [0.15, 0.2) is 54.9 Å². The molecule has 1 aromatic carbocycles. The number of aromatic nitrogens is 2. The van der Waals surface area contributed by atoms with Gasteiger partial charge in [-0.1, -0.05) is 6.07 Å². The minimum absolute atomic E-state index is 0.293. The van der Waals surface area contributed by atoms with Gasteiger partial charge in [0.1, 0.15) is 11.5 Å². The van der Waals surface area contributed by atoms with E-state index in [0.717, 1.165) is 10.8 Å². The van der Waals surface area contributed by atoms with Gasteiger partial charge in [0.15, 0.2) is 0 Å². The van der Waals surface area contributed by atoms with Crippen molar-refractivity contribution in [3.8, 4) is 0 Å². The zero-order valence-electron chi connectivity index (χ0n) is 10.6. The number of nitrogens with one attached hydrogen (secondary N) is 1. The highest BCUT2D eigenvalue weighted by Gasteiger charge is 2.12. The molecule has 20 heavy (non-hydrogen) atoms. The van der Waals surface area contributed by atoms with Crippen molar-refractivity contribution >= 4 is 28.2 Å². The Kier molecular flexibility index (Phi) is 3.01. The standard InChI is InChI=1S/C15H12N4O/c16-11-4-5-12-10(9-11)6-8-18-14(12)15(20)19-13-3-1-2-7-17-13/h1-9H,16H2,(H,17,19,20). The van der Waals surface area contributed by atoms with Crippen LogP contribution in [0.2, 0.25) is 0 Å². The van der Waals surface area contributed by atoms with Crippen molar-refractivity contribution < 1.29 is 4.79 Å². The summed E-state index contributed by atoms with van der Waals surface area (Å²) in [6, 6.07) is 12.5.